The number of piperazine rings is 1. The van der Waals surface area contributed by atoms with Gasteiger partial charge in [0.05, 0.1) is 6.54 Å². The molecule has 0 atom stereocenters. The number of hydrogen-bond acceptors (Lipinski definition) is 3. The molecule has 2 saturated heterocycles. The molecule has 1 N–H and O–H groups in total. The molecule has 0 aliphatic carbocycles. The van der Waals surface area contributed by atoms with Gasteiger partial charge in [0.25, 0.3) is 0 Å². The lowest BCUT2D eigenvalue weighted by Gasteiger charge is -2.36. The van der Waals surface area contributed by atoms with Crippen molar-refractivity contribution in [1.29, 1.82) is 0 Å². The molecular weight excluding hydrogens is 347 g/mol. The van der Waals surface area contributed by atoms with Gasteiger partial charge in [-0.15, -0.1) is 0 Å². The number of carbonyl (C=O) groups excluding carboxylic acids is 2. The lowest BCUT2D eigenvalue weighted by atomic mass is 10.1. The number of halogens is 1. The lowest BCUT2D eigenvalue weighted by Crippen LogP contribution is -2.54. The first kappa shape index (κ1) is 19.6. The van der Waals surface area contributed by atoms with Crippen LogP contribution in [0, 0.1) is 5.82 Å². The molecule has 148 valence electrons. The molecule has 0 saturated carbocycles. The summed E-state index contributed by atoms with van der Waals surface area (Å²) in [5.41, 5.74) is 0.872. The van der Waals surface area contributed by atoms with Crippen molar-refractivity contribution in [2.45, 2.75) is 25.7 Å². The highest BCUT2D eigenvalue weighted by Crippen LogP contribution is 2.10. The summed E-state index contributed by atoms with van der Waals surface area (Å²) >= 11 is 0. The highest BCUT2D eigenvalue weighted by molar-refractivity contribution is 5.78. The van der Waals surface area contributed by atoms with Gasteiger partial charge in [0, 0.05) is 45.8 Å². The number of urea groups is 1. The highest BCUT2D eigenvalue weighted by Gasteiger charge is 2.24. The summed E-state index contributed by atoms with van der Waals surface area (Å²) in [6, 6.07) is 6.35. The van der Waals surface area contributed by atoms with E-state index in [1.54, 1.807) is 11.0 Å². The van der Waals surface area contributed by atoms with Gasteiger partial charge in [0.15, 0.2) is 0 Å². The van der Waals surface area contributed by atoms with Crippen molar-refractivity contribution in [3.05, 3.63) is 35.6 Å². The van der Waals surface area contributed by atoms with E-state index in [1.165, 1.54) is 18.6 Å². The lowest BCUT2D eigenvalue weighted by molar-refractivity contribution is -0.133. The van der Waals surface area contributed by atoms with E-state index in [0.717, 1.165) is 44.6 Å². The minimum atomic E-state index is -0.256. The maximum atomic E-state index is 13.2. The molecule has 6 nitrogen and oxygen atoms in total. The van der Waals surface area contributed by atoms with Gasteiger partial charge < -0.3 is 15.1 Å². The Balaban J connectivity index is 1.34. The predicted molar refractivity (Wildman–Crippen MR) is 102 cm³/mol. The standard InChI is InChI=1S/C20H29FN4O2/c21-18-6-4-5-17(15-18)7-8-22-20(27)25-13-11-23(12-14-25)16-19(26)24-9-2-1-3-10-24/h4-6,15H,1-3,7-14,16H2,(H,22,27). The highest BCUT2D eigenvalue weighted by atomic mass is 19.1. The van der Waals surface area contributed by atoms with Crippen LogP contribution >= 0.6 is 0 Å². The zero-order chi connectivity index (χ0) is 19.1. The molecule has 2 heterocycles. The SMILES string of the molecule is O=C(CN1CCN(C(=O)NCCc2cccc(F)c2)CC1)N1CCCCC1. The van der Waals surface area contributed by atoms with Crippen LogP contribution in [0.2, 0.25) is 0 Å². The van der Waals surface area contributed by atoms with Crippen molar-refractivity contribution >= 4 is 11.9 Å². The summed E-state index contributed by atoms with van der Waals surface area (Å²) in [6.07, 6.45) is 4.04. The monoisotopic (exact) mass is 376 g/mol. The zero-order valence-corrected chi connectivity index (χ0v) is 15.8. The van der Waals surface area contributed by atoms with Crippen LogP contribution in [0.25, 0.3) is 0 Å². The van der Waals surface area contributed by atoms with Gasteiger partial charge in [-0.3, -0.25) is 9.69 Å². The third-order valence-electron chi connectivity index (χ3n) is 5.31. The number of rotatable bonds is 5. The second kappa shape index (κ2) is 9.69. The van der Waals surface area contributed by atoms with Crippen LogP contribution in [0.3, 0.4) is 0 Å². The van der Waals surface area contributed by atoms with Crippen LogP contribution in [0.4, 0.5) is 9.18 Å². The maximum Gasteiger partial charge on any atom is 0.317 e. The van der Waals surface area contributed by atoms with Gasteiger partial charge in [0.2, 0.25) is 5.91 Å². The van der Waals surface area contributed by atoms with E-state index in [4.69, 9.17) is 0 Å². The van der Waals surface area contributed by atoms with Gasteiger partial charge >= 0.3 is 6.03 Å². The molecule has 0 spiro atoms. The van der Waals surface area contributed by atoms with Gasteiger partial charge in [-0.2, -0.15) is 0 Å². The summed E-state index contributed by atoms with van der Waals surface area (Å²) in [4.78, 5) is 30.5. The second-order valence-electron chi connectivity index (χ2n) is 7.32. The summed E-state index contributed by atoms with van der Waals surface area (Å²) in [6.45, 7) is 5.38. The average molecular weight is 376 g/mol. The van der Waals surface area contributed by atoms with E-state index in [0.29, 0.717) is 32.6 Å². The number of benzene rings is 1. The van der Waals surface area contributed by atoms with E-state index >= 15 is 0 Å². The number of amides is 3. The van der Waals surface area contributed by atoms with Gasteiger partial charge in [-0.05, 0) is 43.4 Å². The summed E-state index contributed by atoms with van der Waals surface area (Å²) < 4.78 is 13.2. The third-order valence-corrected chi connectivity index (χ3v) is 5.31. The van der Waals surface area contributed by atoms with E-state index in [1.807, 2.05) is 11.0 Å². The molecule has 3 amide bonds. The molecule has 7 heteroatoms. The van der Waals surface area contributed by atoms with Crippen LogP contribution in [-0.2, 0) is 11.2 Å². The van der Waals surface area contributed by atoms with E-state index in [-0.39, 0.29) is 17.8 Å². The Morgan fingerprint density at radius 1 is 0.963 bits per heavy atom. The predicted octanol–water partition coefficient (Wildman–Crippen LogP) is 1.71. The van der Waals surface area contributed by atoms with Gasteiger partial charge in [-0.25, -0.2) is 9.18 Å². The van der Waals surface area contributed by atoms with Crippen molar-refractivity contribution in [3.63, 3.8) is 0 Å². The fourth-order valence-corrected chi connectivity index (χ4v) is 3.66. The van der Waals surface area contributed by atoms with Crippen molar-refractivity contribution in [1.82, 2.24) is 20.0 Å². The summed E-state index contributed by atoms with van der Waals surface area (Å²) in [7, 11) is 0. The zero-order valence-electron chi connectivity index (χ0n) is 15.8. The average Bonchev–Trinajstić information content (AvgIpc) is 2.69. The molecule has 27 heavy (non-hydrogen) atoms. The minimum absolute atomic E-state index is 0.0894. The molecule has 2 aliphatic heterocycles. The summed E-state index contributed by atoms with van der Waals surface area (Å²) in [5, 5.41) is 2.90. The molecule has 3 rings (SSSR count). The molecule has 0 radical (unpaired) electrons. The van der Waals surface area contributed by atoms with Crippen molar-refractivity contribution in [3.8, 4) is 0 Å². The van der Waals surface area contributed by atoms with E-state index < -0.39 is 0 Å². The van der Waals surface area contributed by atoms with Crippen LogP contribution in [0.5, 0.6) is 0 Å². The van der Waals surface area contributed by atoms with Crippen molar-refractivity contribution in [2.75, 3.05) is 52.4 Å². The number of hydrogen-bond donors (Lipinski definition) is 1. The Morgan fingerprint density at radius 3 is 2.41 bits per heavy atom. The molecule has 0 aromatic heterocycles. The fourth-order valence-electron chi connectivity index (χ4n) is 3.66. The van der Waals surface area contributed by atoms with Gasteiger partial charge in [-0.1, -0.05) is 12.1 Å². The van der Waals surface area contributed by atoms with E-state index in [2.05, 4.69) is 10.2 Å². The van der Waals surface area contributed by atoms with Crippen LogP contribution < -0.4 is 5.32 Å². The Kier molecular flexibility index (Phi) is 7.04. The van der Waals surface area contributed by atoms with Crippen LogP contribution in [-0.4, -0.2) is 79.0 Å². The molecule has 2 aliphatic rings. The molecule has 0 bridgehead atoms. The number of carbonyl (C=O) groups is 2. The van der Waals surface area contributed by atoms with Crippen molar-refractivity contribution in [2.24, 2.45) is 0 Å². The minimum Gasteiger partial charge on any atom is -0.342 e. The molecule has 1 aromatic carbocycles. The first-order chi connectivity index (χ1) is 13.1. The molecular formula is C20H29FN4O2. The Hall–Kier alpha value is -2.15. The molecule has 2 fully saturated rings. The smallest absolute Gasteiger partial charge is 0.317 e. The normalized spacial score (nSPS) is 18.4. The maximum absolute atomic E-state index is 13.2. The number of piperidine rings is 1. The van der Waals surface area contributed by atoms with Crippen LogP contribution in [0.15, 0.2) is 24.3 Å². The number of likely N-dealkylation sites (tertiary alicyclic amines) is 1. The quantitative estimate of drug-likeness (QED) is 0.851. The topological polar surface area (TPSA) is 55.9 Å². The largest absolute Gasteiger partial charge is 0.342 e. The first-order valence-electron chi connectivity index (χ1n) is 9.89. The number of nitrogens with zero attached hydrogens (tertiary/aromatic N) is 3. The molecule has 1 aromatic rings. The molecule has 0 unspecified atom stereocenters. The van der Waals surface area contributed by atoms with Crippen molar-refractivity contribution < 1.29 is 14.0 Å². The first-order valence-corrected chi connectivity index (χ1v) is 9.89. The third kappa shape index (κ3) is 5.92. The van der Waals surface area contributed by atoms with Crippen LogP contribution in [0.1, 0.15) is 24.8 Å². The Morgan fingerprint density at radius 2 is 1.70 bits per heavy atom. The Bertz CT molecular complexity index is 641. The number of nitrogens with one attached hydrogen (secondary N) is 1. The van der Waals surface area contributed by atoms with Gasteiger partial charge in [0.1, 0.15) is 5.82 Å². The Labute approximate surface area is 160 Å². The summed E-state index contributed by atoms with van der Waals surface area (Å²) in [5.74, 6) is -0.0447. The van der Waals surface area contributed by atoms with E-state index in [9.17, 15) is 14.0 Å². The second-order valence-corrected chi connectivity index (χ2v) is 7.32. The fraction of sp³-hybridized carbons (Fsp3) is 0.600.